The second-order valence-electron chi connectivity index (χ2n) is 6.09. The van der Waals surface area contributed by atoms with Crippen molar-refractivity contribution in [3.63, 3.8) is 0 Å². The predicted molar refractivity (Wildman–Crippen MR) is 107 cm³/mol. The van der Waals surface area contributed by atoms with Crippen molar-refractivity contribution < 1.29 is 9.59 Å². The Morgan fingerprint density at radius 2 is 1.85 bits per heavy atom. The van der Waals surface area contributed by atoms with E-state index >= 15 is 0 Å². The smallest absolute Gasteiger partial charge is 0.319 e. The molecule has 2 N–H and O–H groups in total. The van der Waals surface area contributed by atoms with E-state index in [1.807, 2.05) is 42.5 Å². The van der Waals surface area contributed by atoms with E-state index in [1.54, 1.807) is 16.7 Å². The lowest BCUT2D eigenvalue weighted by atomic mass is 10.2. The molecule has 0 aliphatic carbocycles. The number of carbonyl (C=O) groups excluding carboxylic acids is 2. The van der Waals surface area contributed by atoms with Crippen LogP contribution in [0, 0.1) is 0 Å². The molecule has 1 aliphatic rings. The van der Waals surface area contributed by atoms with Crippen LogP contribution in [0.2, 0.25) is 0 Å². The fourth-order valence-corrected chi connectivity index (χ4v) is 3.68. The van der Waals surface area contributed by atoms with Gasteiger partial charge in [0.25, 0.3) is 0 Å². The number of nitrogens with zero attached hydrogens (tertiary/aromatic N) is 1. The molecule has 2 aromatic carbocycles. The lowest BCUT2D eigenvalue weighted by molar-refractivity contribution is -0.117. The molecule has 1 fully saturated rings. The van der Waals surface area contributed by atoms with Crippen LogP contribution >= 0.6 is 11.8 Å². The molecule has 0 radical (unpaired) electrons. The minimum Gasteiger partial charge on any atom is -0.338 e. The zero-order valence-electron chi connectivity index (χ0n) is 14.6. The van der Waals surface area contributed by atoms with E-state index < -0.39 is 0 Å². The van der Waals surface area contributed by atoms with Crippen LogP contribution in [-0.2, 0) is 4.79 Å². The lowest BCUT2D eigenvalue weighted by Crippen LogP contribution is -2.29. The van der Waals surface area contributed by atoms with E-state index in [2.05, 4.69) is 22.8 Å². The number of carbonyl (C=O) groups is 2. The van der Waals surface area contributed by atoms with E-state index in [1.165, 1.54) is 4.90 Å². The molecule has 1 aliphatic heterocycles. The first-order chi connectivity index (χ1) is 12.7. The highest BCUT2D eigenvalue weighted by Gasteiger charge is 2.21. The maximum absolute atomic E-state index is 11.9. The Morgan fingerprint density at radius 1 is 1.08 bits per heavy atom. The summed E-state index contributed by atoms with van der Waals surface area (Å²) in [5.41, 5.74) is 1.60. The highest BCUT2D eigenvalue weighted by atomic mass is 32.2. The Labute approximate surface area is 158 Å². The molecule has 0 saturated carbocycles. The standard InChI is InChI=1S/C20H23N3O2S/c24-19-8-4-14-23(19)17-11-9-16(10-12-17)22-20(25)21-13-5-15-26-18-6-2-1-3-7-18/h1-3,6-7,9-12H,4-5,8,13-15H2,(H2,21,22,25). The number of hydrogen-bond acceptors (Lipinski definition) is 3. The molecular weight excluding hydrogens is 346 g/mol. The highest BCUT2D eigenvalue weighted by molar-refractivity contribution is 7.99. The first-order valence-corrected chi connectivity index (χ1v) is 9.84. The van der Waals surface area contributed by atoms with Crippen molar-refractivity contribution in [3.8, 4) is 0 Å². The summed E-state index contributed by atoms with van der Waals surface area (Å²) in [4.78, 5) is 26.7. The van der Waals surface area contributed by atoms with E-state index in [-0.39, 0.29) is 11.9 Å². The third-order valence-electron chi connectivity index (χ3n) is 4.13. The normalized spacial score (nSPS) is 13.7. The number of urea groups is 1. The van der Waals surface area contributed by atoms with Crippen molar-refractivity contribution in [2.45, 2.75) is 24.2 Å². The topological polar surface area (TPSA) is 61.4 Å². The number of amides is 3. The van der Waals surface area contributed by atoms with E-state index in [9.17, 15) is 9.59 Å². The number of nitrogens with one attached hydrogen (secondary N) is 2. The minimum absolute atomic E-state index is 0.164. The van der Waals surface area contributed by atoms with E-state index in [4.69, 9.17) is 0 Å². The molecule has 1 saturated heterocycles. The van der Waals surface area contributed by atoms with E-state index in [0.717, 1.165) is 36.5 Å². The number of rotatable bonds is 7. The molecule has 3 rings (SSSR count). The van der Waals surface area contributed by atoms with Crippen molar-refractivity contribution in [3.05, 3.63) is 54.6 Å². The molecule has 1 heterocycles. The highest BCUT2D eigenvalue weighted by Crippen LogP contribution is 2.23. The average molecular weight is 369 g/mol. The molecule has 2 aromatic rings. The van der Waals surface area contributed by atoms with Crippen LogP contribution in [0.1, 0.15) is 19.3 Å². The van der Waals surface area contributed by atoms with Gasteiger partial charge in [-0.15, -0.1) is 11.8 Å². The Morgan fingerprint density at radius 3 is 2.54 bits per heavy atom. The second-order valence-corrected chi connectivity index (χ2v) is 7.26. The molecular formula is C20H23N3O2S. The van der Waals surface area contributed by atoms with Gasteiger partial charge in [-0.3, -0.25) is 4.79 Å². The molecule has 26 heavy (non-hydrogen) atoms. The van der Waals surface area contributed by atoms with Crippen LogP contribution in [0.5, 0.6) is 0 Å². The zero-order chi connectivity index (χ0) is 18.2. The molecule has 0 unspecified atom stereocenters. The van der Waals surface area contributed by atoms with Crippen molar-refractivity contribution in [1.82, 2.24) is 5.32 Å². The van der Waals surface area contributed by atoms with Gasteiger partial charge in [0.1, 0.15) is 0 Å². The Balaban J connectivity index is 1.36. The van der Waals surface area contributed by atoms with Gasteiger partial charge >= 0.3 is 6.03 Å². The van der Waals surface area contributed by atoms with Gasteiger partial charge in [0.05, 0.1) is 0 Å². The average Bonchev–Trinajstić information content (AvgIpc) is 3.09. The van der Waals surface area contributed by atoms with Gasteiger partial charge in [-0.25, -0.2) is 4.79 Å². The van der Waals surface area contributed by atoms with Crippen LogP contribution in [-0.4, -0.2) is 30.8 Å². The summed E-state index contributed by atoms with van der Waals surface area (Å²) in [6.07, 6.45) is 2.43. The van der Waals surface area contributed by atoms with Gasteiger partial charge in [-0.05, 0) is 55.0 Å². The quantitative estimate of drug-likeness (QED) is 0.570. The molecule has 136 valence electrons. The summed E-state index contributed by atoms with van der Waals surface area (Å²) >= 11 is 1.79. The summed E-state index contributed by atoms with van der Waals surface area (Å²) in [6.45, 7) is 1.40. The molecule has 0 bridgehead atoms. The van der Waals surface area contributed by atoms with Crippen molar-refractivity contribution >= 4 is 35.1 Å². The van der Waals surface area contributed by atoms with E-state index in [0.29, 0.717) is 13.0 Å². The van der Waals surface area contributed by atoms with Crippen LogP contribution in [0.4, 0.5) is 16.2 Å². The van der Waals surface area contributed by atoms with Crippen LogP contribution in [0.15, 0.2) is 59.5 Å². The number of anilines is 2. The third kappa shape index (κ3) is 5.26. The van der Waals surface area contributed by atoms with Crippen molar-refractivity contribution in [2.75, 3.05) is 29.1 Å². The summed E-state index contributed by atoms with van der Waals surface area (Å²) < 4.78 is 0. The Kier molecular flexibility index (Phi) is 6.55. The summed E-state index contributed by atoms with van der Waals surface area (Å²) in [5.74, 6) is 1.12. The van der Waals surface area contributed by atoms with Gasteiger partial charge in [0.2, 0.25) is 5.91 Å². The van der Waals surface area contributed by atoms with Gasteiger partial charge in [0, 0.05) is 35.8 Å². The SMILES string of the molecule is O=C(NCCCSc1ccccc1)Nc1ccc(N2CCCC2=O)cc1. The Hall–Kier alpha value is -2.47. The third-order valence-corrected chi connectivity index (χ3v) is 5.23. The zero-order valence-corrected chi connectivity index (χ0v) is 15.4. The van der Waals surface area contributed by atoms with Gasteiger partial charge in [0.15, 0.2) is 0 Å². The summed E-state index contributed by atoms with van der Waals surface area (Å²) in [6, 6.07) is 17.4. The van der Waals surface area contributed by atoms with Crippen molar-refractivity contribution in [2.24, 2.45) is 0 Å². The molecule has 6 heteroatoms. The van der Waals surface area contributed by atoms with Gasteiger partial charge in [-0.2, -0.15) is 0 Å². The van der Waals surface area contributed by atoms with Crippen LogP contribution in [0.3, 0.4) is 0 Å². The van der Waals surface area contributed by atoms with Crippen molar-refractivity contribution in [1.29, 1.82) is 0 Å². The predicted octanol–water partition coefficient (Wildman–Crippen LogP) is 4.12. The first-order valence-electron chi connectivity index (χ1n) is 8.85. The summed E-state index contributed by atoms with van der Waals surface area (Å²) in [5, 5.41) is 5.69. The molecule has 0 aromatic heterocycles. The lowest BCUT2D eigenvalue weighted by Gasteiger charge is -2.16. The number of thioether (sulfide) groups is 1. The minimum atomic E-state index is -0.209. The fraction of sp³-hybridized carbons (Fsp3) is 0.300. The molecule has 3 amide bonds. The second kappa shape index (κ2) is 9.29. The molecule has 0 spiro atoms. The van der Waals surface area contributed by atoms with Gasteiger partial charge < -0.3 is 15.5 Å². The van der Waals surface area contributed by atoms with Crippen LogP contribution < -0.4 is 15.5 Å². The monoisotopic (exact) mass is 369 g/mol. The number of hydrogen-bond donors (Lipinski definition) is 2. The molecule has 5 nitrogen and oxygen atoms in total. The van der Waals surface area contributed by atoms with Gasteiger partial charge in [-0.1, -0.05) is 18.2 Å². The largest absolute Gasteiger partial charge is 0.338 e. The molecule has 0 atom stereocenters. The Bertz CT molecular complexity index is 734. The first kappa shape index (κ1) is 18.3. The van der Waals surface area contributed by atoms with Crippen LogP contribution in [0.25, 0.3) is 0 Å². The fourth-order valence-electron chi connectivity index (χ4n) is 2.80. The number of benzene rings is 2. The maximum atomic E-state index is 11.9. The summed E-state index contributed by atoms with van der Waals surface area (Å²) in [7, 11) is 0. The maximum Gasteiger partial charge on any atom is 0.319 e.